The standard InChI is InChI=1S/C33H41N6O10P/c1-19(32(42)47-24-6-5-7-24)38-50(43,49-25-12-10-23(11-13-25)22-8-9-22)44-16-27-29(45-20(2)40)30(46-21(3)41)33(48-27,17-35-4)28-15-14-26-31(34)36-18-37-39(26)28/h10-15,17-19,22,24,27,29-30H,5-9,16H2,1-4H3,(H,38,43)(H2,34,36,37)/b35-17+/t19-,27+,29+,30+,33-,50?/m0/s1. The van der Waals surface area contributed by atoms with Gasteiger partial charge in [-0.1, -0.05) is 12.1 Å². The number of ether oxygens (including phenoxy) is 4. The van der Waals surface area contributed by atoms with Gasteiger partial charge >= 0.3 is 25.7 Å². The first-order chi connectivity index (χ1) is 23.9. The fraction of sp³-hybridized carbons (Fsp3) is 0.515. The van der Waals surface area contributed by atoms with Crippen LogP contribution in [-0.2, 0) is 48.0 Å². The van der Waals surface area contributed by atoms with Crippen molar-refractivity contribution in [1.82, 2.24) is 19.7 Å². The third-order valence-corrected chi connectivity index (χ3v) is 10.5. The van der Waals surface area contributed by atoms with Crippen LogP contribution in [-0.4, -0.2) is 82.8 Å². The van der Waals surface area contributed by atoms with Crippen LogP contribution >= 0.6 is 7.75 Å². The van der Waals surface area contributed by atoms with Crippen LogP contribution in [0.2, 0.25) is 0 Å². The third kappa shape index (κ3) is 7.53. The predicted octanol–water partition coefficient (Wildman–Crippen LogP) is 3.62. The molecule has 3 aromatic rings. The maximum absolute atomic E-state index is 14.5. The van der Waals surface area contributed by atoms with Gasteiger partial charge in [-0.15, -0.1) is 0 Å². The number of nitrogens with two attached hydrogens (primary N) is 1. The van der Waals surface area contributed by atoms with Gasteiger partial charge in [-0.25, -0.2) is 14.1 Å². The molecule has 6 rings (SSSR count). The van der Waals surface area contributed by atoms with Crippen LogP contribution in [0, 0.1) is 0 Å². The van der Waals surface area contributed by atoms with E-state index in [2.05, 4.69) is 20.2 Å². The van der Waals surface area contributed by atoms with Crippen LogP contribution < -0.4 is 15.3 Å². The quantitative estimate of drug-likeness (QED) is 0.106. The van der Waals surface area contributed by atoms with Crippen LogP contribution in [0.4, 0.5) is 5.82 Å². The van der Waals surface area contributed by atoms with Crippen molar-refractivity contribution in [3.05, 3.63) is 54.0 Å². The van der Waals surface area contributed by atoms with Crippen LogP contribution in [0.5, 0.6) is 5.75 Å². The van der Waals surface area contributed by atoms with E-state index in [4.69, 9.17) is 33.7 Å². The molecule has 0 bridgehead atoms. The second kappa shape index (κ2) is 14.5. The first kappa shape index (κ1) is 35.5. The highest BCUT2D eigenvalue weighted by atomic mass is 31.2. The number of fused-ring (bicyclic) bond motifs is 1. The number of carbonyl (C=O) groups excluding carboxylic acids is 3. The smallest absolute Gasteiger partial charge is 0.459 e. The summed E-state index contributed by atoms with van der Waals surface area (Å²) >= 11 is 0. The molecule has 50 heavy (non-hydrogen) atoms. The van der Waals surface area contributed by atoms with Gasteiger partial charge in [0.2, 0.25) is 0 Å². The molecule has 0 radical (unpaired) electrons. The average molecular weight is 713 g/mol. The van der Waals surface area contributed by atoms with Gasteiger partial charge in [-0.05, 0) is 74.8 Å². The lowest BCUT2D eigenvalue weighted by Gasteiger charge is -2.30. The molecule has 2 aliphatic carbocycles. The van der Waals surface area contributed by atoms with Crippen LogP contribution in [0.3, 0.4) is 0 Å². The van der Waals surface area contributed by atoms with Crippen molar-refractivity contribution in [1.29, 1.82) is 0 Å². The number of aliphatic imine (C=N–C) groups is 1. The molecule has 3 heterocycles. The minimum Gasteiger partial charge on any atom is -0.461 e. The summed E-state index contributed by atoms with van der Waals surface area (Å²) in [5, 5.41) is 7.02. The molecule has 1 unspecified atom stereocenters. The summed E-state index contributed by atoms with van der Waals surface area (Å²) in [4.78, 5) is 46.2. The molecule has 2 aromatic heterocycles. The van der Waals surface area contributed by atoms with E-state index in [0.717, 1.165) is 37.7 Å². The molecule has 16 nitrogen and oxygen atoms in total. The van der Waals surface area contributed by atoms with E-state index in [1.54, 1.807) is 24.3 Å². The zero-order valence-electron chi connectivity index (χ0n) is 28.2. The maximum atomic E-state index is 14.5. The van der Waals surface area contributed by atoms with Crippen molar-refractivity contribution < 1.29 is 46.9 Å². The number of hydrogen-bond acceptors (Lipinski definition) is 14. The van der Waals surface area contributed by atoms with E-state index in [9.17, 15) is 18.9 Å². The highest BCUT2D eigenvalue weighted by Gasteiger charge is 2.61. The van der Waals surface area contributed by atoms with Crippen molar-refractivity contribution in [3.63, 3.8) is 0 Å². The number of carbonyl (C=O) groups is 3. The highest BCUT2D eigenvalue weighted by Crippen LogP contribution is 2.49. The molecule has 2 saturated carbocycles. The summed E-state index contributed by atoms with van der Waals surface area (Å²) in [6.07, 6.45) is 3.28. The summed E-state index contributed by atoms with van der Waals surface area (Å²) in [7, 11) is -2.90. The van der Waals surface area contributed by atoms with Gasteiger partial charge in [0.05, 0.1) is 12.3 Å². The zero-order chi connectivity index (χ0) is 35.6. The van der Waals surface area contributed by atoms with E-state index in [1.807, 2.05) is 12.1 Å². The Labute approximate surface area is 288 Å². The van der Waals surface area contributed by atoms with E-state index < -0.39 is 62.2 Å². The fourth-order valence-electron chi connectivity index (χ4n) is 6.09. The first-order valence-corrected chi connectivity index (χ1v) is 18.0. The summed E-state index contributed by atoms with van der Waals surface area (Å²) in [5.74, 6) is -1.14. The molecular weight excluding hydrogens is 671 g/mol. The van der Waals surface area contributed by atoms with Crippen LogP contribution in [0.1, 0.15) is 70.1 Å². The molecule has 1 aliphatic heterocycles. The van der Waals surface area contributed by atoms with E-state index in [-0.39, 0.29) is 17.7 Å². The summed E-state index contributed by atoms with van der Waals surface area (Å²) in [6.45, 7) is 3.36. The van der Waals surface area contributed by atoms with Crippen molar-refractivity contribution in [3.8, 4) is 5.75 Å². The number of esters is 3. The van der Waals surface area contributed by atoms with E-state index in [1.165, 1.54) is 44.9 Å². The lowest BCUT2D eigenvalue weighted by Crippen LogP contribution is -2.47. The Kier molecular flexibility index (Phi) is 10.3. The average Bonchev–Trinajstić information content (AvgIpc) is 3.74. The van der Waals surface area contributed by atoms with Crippen LogP contribution in [0.15, 0.2) is 47.7 Å². The SMILES string of the molecule is C/N=C/[C@@]1(c2ccc3c(N)ncnn23)O[C@H](COP(=O)(N[C@@H](C)C(=O)OC2CCC2)Oc2ccc(C3CC3)cc2)[C@@H](OC(C)=O)[C@H]1OC(C)=O. The number of benzene rings is 1. The van der Waals surface area contributed by atoms with Gasteiger partial charge in [0, 0.05) is 27.1 Å². The normalized spacial score (nSPS) is 25.5. The van der Waals surface area contributed by atoms with Gasteiger partial charge in [-0.3, -0.25) is 23.9 Å². The topological polar surface area (TPSA) is 204 Å². The molecule has 0 amide bonds. The number of hydrogen-bond donors (Lipinski definition) is 2. The number of anilines is 1. The Bertz CT molecular complexity index is 1810. The molecule has 268 valence electrons. The maximum Gasteiger partial charge on any atom is 0.459 e. The lowest BCUT2D eigenvalue weighted by molar-refractivity contribution is -0.165. The highest BCUT2D eigenvalue weighted by molar-refractivity contribution is 7.52. The van der Waals surface area contributed by atoms with Crippen molar-refractivity contribution in [2.45, 2.75) is 94.9 Å². The summed E-state index contributed by atoms with van der Waals surface area (Å²) in [6, 6.07) is 9.36. The molecule has 1 saturated heterocycles. The molecule has 3 fully saturated rings. The van der Waals surface area contributed by atoms with Gasteiger partial charge in [0.15, 0.2) is 23.6 Å². The Hall–Kier alpha value is -4.37. The molecule has 0 spiro atoms. The number of nitrogens with zero attached hydrogens (tertiary/aromatic N) is 4. The minimum atomic E-state index is -4.39. The first-order valence-electron chi connectivity index (χ1n) is 16.5. The fourth-order valence-corrected chi connectivity index (χ4v) is 7.60. The van der Waals surface area contributed by atoms with Crippen molar-refractivity contribution in [2.24, 2.45) is 4.99 Å². The Morgan fingerprint density at radius 1 is 1.10 bits per heavy atom. The molecule has 17 heteroatoms. The Morgan fingerprint density at radius 2 is 1.82 bits per heavy atom. The van der Waals surface area contributed by atoms with Gasteiger partial charge in [0.1, 0.15) is 35.8 Å². The number of nitrogen functional groups attached to an aromatic ring is 1. The molecule has 1 aromatic carbocycles. The third-order valence-electron chi connectivity index (χ3n) is 8.84. The van der Waals surface area contributed by atoms with Gasteiger partial charge < -0.3 is 29.2 Å². The Balaban J connectivity index is 1.33. The zero-order valence-corrected chi connectivity index (χ0v) is 29.1. The lowest BCUT2D eigenvalue weighted by atomic mass is 9.91. The van der Waals surface area contributed by atoms with Gasteiger partial charge in [0.25, 0.3) is 0 Å². The summed E-state index contributed by atoms with van der Waals surface area (Å²) in [5.41, 5.74) is 6.27. The van der Waals surface area contributed by atoms with Crippen LogP contribution in [0.25, 0.3) is 5.52 Å². The largest absolute Gasteiger partial charge is 0.461 e. The monoisotopic (exact) mass is 712 g/mol. The second-order valence-electron chi connectivity index (χ2n) is 12.7. The molecule has 3 N–H and O–H groups in total. The number of rotatable bonds is 14. The Morgan fingerprint density at radius 3 is 2.44 bits per heavy atom. The predicted molar refractivity (Wildman–Crippen MR) is 178 cm³/mol. The van der Waals surface area contributed by atoms with Crippen molar-refractivity contribution in [2.75, 3.05) is 19.4 Å². The minimum absolute atomic E-state index is 0.174. The van der Waals surface area contributed by atoms with Crippen molar-refractivity contribution >= 4 is 43.2 Å². The second-order valence-corrected chi connectivity index (χ2v) is 14.4. The number of aromatic nitrogens is 3. The molecule has 3 aliphatic rings. The number of nitrogens with one attached hydrogen (secondary N) is 1. The molecular formula is C33H41N6O10P. The molecule has 6 atom stereocenters. The van der Waals surface area contributed by atoms with E-state index >= 15 is 0 Å². The summed E-state index contributed by atoms with van der Waals surface area (Å²) < 4.78 is 51.5. The van der Waals surface area contributed by atoms with Gasteiger partial charge in [-0.2, -0.15) is 10.2 Å². The van der Waals surface area contributed by atoms with E-state index in [0.29, 0.717) is 17.1 Å².